The molecule has 0 spiro atoms. The Labute approximate surface area is 176 Å². The van der Waals surface area contributed by atoms with E-state index in [1.165, 1.54) is 11.3 Å². The summed E-state index contributed by atoms with van der Waals surface area (Å²) in [5.41, 5.74) is 4.70. The van der Waals surface area contributed by atoms with Crippen molar-refractivity contribution >= 4 is 22.2 Å². The van der Waals surface area contributed by atoms with Crippen LogP contribution in [0.3, 0.4) is 0 Å². The fourth-order valence-corrected chi connectivity index (χ4v) is 4.32. The summed E-state index contributed by atoms with van der Waals surface area (Å²) in [4.78, 5) is 23.9. The van der Waals surface area contributed by atoms with E-state index in [9.17, 15) is 4.79 Å². The second kappa shape index (κ2) is 7.57. The minimum absolute atomic E-state index is 0.146. The molecule has 30 heavy (non-hydrogen) atoms. The zero-order valence-electron chi connectivity index (χ0n) is 16.1. The molecule has 0 bridgehead atoms. The molecule has 5 nitrogen and oxygen atoms in total. The highest BCUT2D eigenvalue weighted by atomic mass is 32.1. The second-order valence-corrected chi connectivity index (χ2v) is 7.52. The first-order valence-corrected chi connectivity index (χ1v) is 10.3. The molecule has 0 amide bonds. The van der Waals surface area contributed by atoms with Crippen molar-refractivity contribution in [1.29, 1.82) is 0 Å². The molecule has 0 aliphatic carbocycles. The minimum Gasteiger partial charge on any atom is -0.495 e. The fourth-order valence-electron chi connectivity index (χ4n) is 3.53. The van der Waals surface area contributed by atoms with Crippen LogP contribution in [0.4, 0.5) is 0 Å². The Morgan fingerprint density at radius 3 is 2.47 bits per heavy atom. The molecule has 6 heteroatoms. The van der Waals surface area contributed by atoms with Gasteiger partial charge < -0.3 is 4.74 Å². The molecule has 0 aliphatic heterocycles. The van der Waals surface area contributed by atoms with E-state index in [-0.39, 0.29) is 5.56 Å². The van der Waals surface area contributed by atoms with E-state index in [1.807, 2.05) is 72.8 Å². The molecule has 5 rings (SSSR count). The van der Waals surface area contributed by atoms with E-state index in [0.717, 1.165) is 16.1 Å². The summed E-state index contributed by atoms with van der Waals surface area (Å²) < 4.78 is 7.18. The van der Waals surface area contributed by atoms with E-state index in [4.69, 9.17) is 9.72 Å². The Hall–Kier alpha value is -3.77. The summed E-state index contributed by atoms with van der Waals surface area (Å²) in [6.45, 7) is 0. The maximum absolute atomic E-state index is 13.6. The van der Waals surface area contributed by atoms with Crippen LogP contribution in [0.15, 0.2) is 89.2 Å². The maximum atomic E-state index is 13.6. The number of aromatic nitrogens is 3. The highest BCUT2D eigenvalue weighted by Crippen LogP contribution is 2.36. The SMILES string of the molecule is COc1ccccc1-n1c(-c2scnc2-c2ccccc2)nc2ccccc2c1=O. The van der Waals surface area contributed by atoms with Gasteiger partial charge in [0.25, 0.3) is 5.56 Å². The van der Waals surface area contributed by atoms with Crippen molar-refractivity contribution in [3.05, 3.63) is 94.7 Å². The van der Waals surface area contributed by atoms with Gasteiger partial charge in [-0.15, -0.1) is 11.3 Å². The van der Waals surface area contributed by atoms with E-state index in [0.29, 0.717) is 28.2 Å². The van der Waals surface area contributed by atoms with Crippen LogP contribution in [0.1, 0.15) is 0 Å². The van der Waals surface area contributed by atoms with Crippen molar-refractivity contribution in [3.8, 4) is 33.4 Å². The lowest BCUT2D eigenvalue weighted by Crippen LogP contribution is -2.22. The average Bonchev–Trinajstić information content (AvgIpc) is 3.29. The standard InChI is InChI=1S/C24H17N3O2S/c1-29-20-14-8-7-13-19(20)27-23(26-18-12-6-5-11-17(18)24(27)28)22-21(25-15-30-22)16-9-3-2-4-10-16/h2-15H,1H3. The highest BCUT2D eigenvalue weighted by molar-refractivity contribution is 7.13. The maximum Gasteiger partial charge on any atom is 0.266 e. The zero-order chi connectivity index (χ0) is 20.5. The Morgan fingerprint density at radius 2 is 1.63 bits per heavy atom. The lowest BCUT2D eigenvalue weighted by atomic mass is 10.1. The molecule has 2 heterocycles. The van der Waals surface area contributed by atoms with E-state index < -0.39 is 0 Å². The van der Waals surface area contributed by atoms with Crippen LogP contribution in [-0.4, -0.2) is 21.6 Å². The molecule has 0 atom stereocenters. The Kier molecular flexibility index (Phi) is 4.61. The zero-order valence-corrected chi connectivity index (χ0v) is 17.0. The first kappa shape index (κ1) is 18.3. The van der Waals surface area contributed by atoms with Crippen LogP contribution in [-0.2, 0) is 0 Å². The predicted molar refractivity (Wildman–Crippen MR) is 120 cm³/mol. The van der Waals surface area contributed by atoms with E-state index in [2.05, 4.69) is 4.98 Å². The molecular weight excluding hydrogens is 394 g/mol. The van der Waals surface area contributed by atoms with Crippen LogP contribution < -0.4 is 10.3 Å². The number of hydrogen-bond donors (Lipinski definition) is 0. The molecule has 0 N–H and O–H groups in total. The molecule has 2 aromatic heterocycles. The summed E-state index contributed by atoms with van der Waals surface area (Å²) in [6, 6.07) is 24.8. The molecule has 0 aliphatic rings. The molecule has 0 saturated heterocycles. The highest BCUT2D eigenvalue weighted by Gasteiger charge is 2.21. The smallest absolute Gasteiger partial charge is 0.266 e. The number of hydrogen-bond acceptors (Lipinski definition) is 5. The van der Waals surface area contributed by atoms with Crippen LogP contribution in [0.25, 0.3) is 38.5 Å². The van der Waals surface area contributed by atoms with Gasteiger partial charge in [-0.05, 0) is 24.3 Å². The number of para-hydroxylation sites is 3. The number of thiazole rings is 1. The molecule has 0 unspecified atom stereocenters. The first-order chi connectivity index (χ1) is 14.8. The van der Waals surface area contributed by atoms with Crippen molar-refractivity contribution in [2.75, 3.05) is 7.11 Å². The summed E-state index contributed by atoms with van der Waals surface area (Å²) in [5, 5.41) is 0.554. The minimum atomic E-state index is -0.146. The summed E-state index contributed by atoms with van der Waals surface area (Å²) in [7, 11) is 1.60. The molecule has 146 valence electrons. The van der Waals surface area contributed by atoms with Gasteiger partial charge in [0.2, 0.25) is 0 Å². The lowest BCUT2D eigenvalue weighted by molar-refractivity contribution is 0.412. The van der Waals surface area contributed by atoms with Crippen molar-refractivity contribution in [2.24, 2.45) is 0 Å². The van der Waals surface area contributed by atoms with Gasteiger partial charge in [0.15, 0.2) is 5.82 Å². The van der Waals surface area contributed by atoms with Gasteiger partial charge in [0.1, 0.15) is 5.75 Å². The average molecular weight is 411 g/mol. The first-order valence-electron chi connectivity index (χ1n) is 9.42. The third-order valence-corrected chi connectivity index (χ3v) is 5.74. The van der Waals surface area contributed by atoms with Gasteiger partial charge in [0.05, 0.1) is 39.8 Å². The molecule has 0 saturated carbocycles. The van der Waals surface area contributed by atoms with Crippen molar-refractivity contribution in [1.82, 2.24) is 14.5 Å². The number of methoxy groups -OCH3 is 1. The molecule has 5 aromatic rings. The van der Waals surface area contributed by atoms with E-state index >= 15 is 0 Å². The largest absolute Gasteiger partial charge is 0.495 e. The van der Waals surface area contributed by atoms with Crippen molar-refractivity contribution in [2.45, 2.75) is 0 Å². The molecule has 3 aromatic carbocycles. The molecule has 0 radical (unpaired) electrons. The van der Waals surface area contributed by atoms with Gasteiger partial charge in [0, 0.05) is 5.56 Å². The number of rotatable bonds is 4. The summed E-state index contributed by atoms with van der Waals surface area (Å²) in [6.07, 6.45) is 0. The van der Waals surface area contributed by atoms with Gasteiger partial charge >= 0.3 is 0 Å². The lowest BCUT2D eigenvalue weighted by Gasteiger charge is -2.16. The molecular formula is C24H17N3O2S. The Balaban J connectivity index is 1.88. The third kappa shape index (κ3) is 2.98. The Bertz CT molecular complexity index is 1410. The van der Waals surface area contributed by atoms with Crippen LogP contribution in [0.5, 0.6) is 5.75 Å². The number of nitrogens with zero attached hydrogens (tertiary/aromatic N) is 3. The van der Waals surface area contributed by atoms with Crippen molar-refractivity contribution in [3.63, 3.8) is 0 Å². The van der Waals surface area contributed by atoms with Gasteiger partial charge in [-0.2, -0.15) is 0 Å². The summed E-state index contributed by atoms with van der Waals surface area (Å²) >= 11 is 1.46. The number of fused-ring (bicyclic) bond motifs is 1. The van der Waals surface area contributed by atoms with Crippen molar-refractivity contribution < 1.29 is 4.74 Å². The van der Waals surface area contributed by atoms with Gasteiger partial charge in [-0.1, -0.05) is 54.6 Å². The number of ether oxygens (including phenoxy) is 1. The van der Waals surface area contributed by atoms with Crippen LogP contribution in [0, 0.1) is 0 Å². The number of benzene rings is 3. The fraction of sp³-hybridized carbons (Fsp3) is 0.0417. The second-order valence-electron chi connectivity index (χ2n) is 6.66. The van der Waals surface area contributed by atoms with Crippen LogP contribution in [0.2, 0.25) is 0 Å². The monoisotopic (exact) mass is 411 g/mol. The normalized spacial score (nSPS) is 11.0. The summed E-state index contributed by atoms with van der Waals surface area (Å²) in [5.74, 6) is 1.15. The quantitative estimate of drug-likeness (QED) is 0.409. The topological polar surface area (TPSA) is 57.0 Å². The third-order valence-electron chi connectivity index (χ3n) is 4.92. The predicted octanol–water partition coefficient (Wildman–Crippen LogP) is 5.18. The van der Waals surface area contributed by atoms with Gasteiger partial charge in [-0.3, -0.25) is 9.36 Å². The molecule has 0 fully saturated rings. The Morgan fingerprint density at radius 1 is 0.900 bits per heavy atom. The van der Waals surface area contributed by atoms with Gasteiger partial charge in [-0.25, -0.2) is 9.97 Å². The van der Waals surface area contributed by atoms with E-state index in [1.54, 1.807) is 23.3 Å². The van der Waals surface area contributed by atoms with Crippen LogP contribution >= 0.6 is 11.3 Å².